The van der Waals surface area contributed by atoms with E-state index in [9.17, 15) is 4.79 Å². The number of carbonyl (C=O) groups is 1. The molecule has 0 radical (unpaired) electrons. The van der Waals surface area contributed by atoms with Gasteiger partial charge in [-0.25, -0.2) is 14.8 Å². The highest BCUT2D eigenvalue weighted by Crippen LogP contribution is 2.39. The van der Waals surface area contributed by atoms with Crippen molar-refractivity contribution in [3.05, 3.63) is 54.1 Å². The summed E-state index contributed by atoms with van der Waals surface area (Å²) >= 11 is 0. The second kappa shape index (κ2) is 8.49. The SMILES string of the molecule is Cc1nccc(-c2c(-c3ccccc3)n[nH]c2C2CCN(C(=O)OC(C)(C)C)CC2)n1. The van der Waals surface area contributed by atoms with Crippen molar-refractivity contribution >= 4 is 6.09 Å². The maximum absolute atomic E-state index is 12.4. The Morgan fingerprint density at radius 1 is 1.13 bits per heavy atom. The topological polar surface area (TPSA) is 84.0 Å². The quantitative estimate of drug-likeness (QED) is 0.649. The summed E-state index contributed by atoms with van der Waals surface area (Å²) in [6.07, 6.45) is 3.22. The van der Waals surface area contributed by atoms with Gasteiger partial charge in [-0.3, -0.25) is 5.10 Å². The molecule has 1 amide bonds. The second-order valence-electron chi connectivity index (χ2n) is 8.96. The Morgan fingerprint density at radius 2 is 1.84 bits per heavy atom. The minimum atomic E-state index is -0.486. The van der Waals surface area contributed by atoms with Gasteiger partial charge in [0.25, 0.3) is 0 Å². The number of aryl methyl sites for hydroxylation is 1. The van der Waals surface area contributed by atoms with E-state index in [2.05, 4.69) is 32.3 Å². The molecular weight excluding hydrogens is 390 g/mol. The largest absolute Gasteiger partial charge is 0.444 e. The lowest BCUT2D eigenvalue weighted by Crippen LogP contribution is -2.41. The summed E-state index contributed by atoms with van der Waals surface area (Å²) in [5.74, 6) is 0.984. The number of nitrogens with zero attached hydrogens (tertiary/aromatic N) is 4. The molecule has 162 valence electrons. The van der Waals surface area contributed by atoms with Gasteiger partial charge in [-0.15, -0.1) is 0 Å². The number of likely N-dealkylation sites (tertiary alicyclic amines) is 1. The highest BCUT2D eigenvalue weighted by molar-refractivity contribution is 5.81. The molecule has 0 unspecified atom stereocenters. The third-order valence-corrected chi connectivity index (χ3v) is 5.43. The number of H-pyrrole nitrogens is 1. The normalized spacial score (nSPS) is 15.2. The predicted molar refractivity (Wildman–Crippen MR) is 120 cm³/mol. The fraction of sp³-hybridized carbons (Fsp3) is 0.417. The first kappa shape index (κ1) is 21.0. The van der Waals surface area contributed by atoms with Gasteiger partial charge >= 0.3 is 6.09 Å². The highest BCUT2D eigenvalue weighted by Gasteiger charge is 2.31. The van der Waals surface area contributed by atoms with Crippen molar-refractivity contribution in [3.8, 4) is 22.5 Å². The van der Waals surface area contributed by atoms with Crippen LogP contribution in [0, 0.1) is 6.92 Å². The summed E-state index contributed by atoms with van der Waals surface area (Å²) in [5, 5.41) is 7.98. The van der Waals surface area contributed by atoms with Gasteiger partial charge in [0.05, 0.1) is 5.69 Å². The van der Waals surface area contributed by atoms with Gasteiger partial charge in [0.2, 0.25) is 0 Å². The Kier molecular flexibility index (Phi) is 5.76. The molecule has 1 fully saturated rings. The van der Waals surface area contributed by atoms with Crippen molar-refractivity contribution in [2.24, 2.45) is 0 Å². The molecule has 7 nitrogen and oxygen atoms in total. The lowest BCUT2D eigenvalue weighted by Gasteiger charge is -2.33. The van der Waals surface area contributed by atoms with Crippen molar-refractivity contribution in [1.29, 1.82) is 0 Å². The van der Waals surface area contributed by atoms with Crippen molar-refractivity contribution < 1.29 is 9.53 Å². The molecule has 3 heterocycles. The van der Waals surface area contributed by atoms with Crippen LogP contribution in [-0.2, 0) is 4.74 Å². The van der Waals surface area contributed by atoms with Gasteiger partial charge in [0, 0.05) is 42.0 Å². The fourth-order valence-electron chi connectivity index (χ4n) is 3.99. The van der Waals surface area contributed by atoms with Crippen LogP contribution in [0.4, 0.5) is 4.79 Å². The average molecular weight is 420 g/mol. The van der Waals surface area contributed by atoms with Crippen LogP contribution in [0.25, 0.3) is 22.5 Å². The van der Waals surface area contributed by atoms with Crippen LogP contribution < -0.4 is 0 Å². The summed E-state index contributed by atoms with van der Waals surface area (Å²) in [5.41, 5.74) is 4.41. The summed E-state index contributed by atoms with van der Waals surface area (Å²) < 4.78 is 5.54. The third kappa shape index (κ3) is 4.76. The maximum Gasteiger partial charge on any atom is 0.410 e. The zero-order valence-electron chi connectivity index (χ0n) is 18.6. The Morgan fingerprint density at radius 3 is 2.48 bits per heavy atom. The molecule has 1 aliphatic heterocycles. The maximum atomic E-state index is 12.4. The summed E-state index contributed by atoms with van der Waals surface area (Å²) in [4.78, 5) is 23.2. The van der Waals surface area contributed by atoms with Crippen LogP contribution in [0.1, 0.15) is 51.0 Å². The van der Waals surface area contributed by atoms with E-state index < -0.39 is 5.60 Å². The Bertz CT molecular complexity index is 1050. The van der Waals surface area contributed by atoms with Crippen LogP contribution in [0.5, 0.6) is 0 Å². The predicted octanol–water partition coefficient (Wildman–Crippen LogP) is 4.96. The first-order valence-corrected chi connectivity index (χ1v) is 10.7. The van der Waals surface area contributed by atoms with E-state index in [1.54, 1.807) is 11.1 Å². The summed E-state index contributed by atoms with van der Waals surface area (Å²) in [7, 11) is 0. The van der Waals surface area contributed by atoms with E-state index in [-0.39, 0.29) is 12.0 Å². The molecule has 0 bridgehead atoms. The molecule has 7 heteroatoms. The Balaban J connectivity index is 1.62. The standard InChI is InChI=1S/C24H29N5O2/c1-16-25-13-10-19(26-16)20-21(17-8-6-5-7-9-17)27-28-22(20)18-11-14-29(15-12-18)23(30)31-24(2,3)4/h5-10,13,18H,11-12,14-15H2,1-4H3,(H,27,28). The number of ether oxygens (including phenoxy) is 1. The number of aromatic amines is 1. The van der Waals surface area contributed by atoms with E-state index in [4.69, 9.17) is 4.74 Å². The molecule has 1 aromatic carbocycles. The molecule has 31 heavy (non-hydrogen) atoms. The van der Waals surface area contributed by atoms with E-state index in [1.807, 2.05) is 52.0 Å². The molecule has 0 saturated carbocycles. The number of amides is 1. The molecule has 3 aromatic rings. The number of carbonyl (C=O) groups excluding carboxylic acids is 1. The van der Waals surface area contributed by atoms with Crippen molar-refractivity contribution in [2.45, 2.75) is 52.1 Å². The molecule has 1 aliphatic rings. The molecule has 0 atom stereocenters. The zero-order chi connectivity index (χ0) is 22.0. The van der Waals surface area contributed by atoms with Crippen LogP contribution >= 0.6 is 0 Å². The number of benzene rings is 1. The Labute approximate surface area is 182 Å². The van der Waals surface area contributed by atoms with E-state index in [0.717, 1.165) is 46.9 Å². The van der Waals surface area contributed by atoms with Crippen molar-refractivity contribution in [2.75, 3.05) is 13.1 Å². The van der Waals surface area contributed by atoms with E-state index >= 15 is 0 Å². The number of nitrogens with one attached hydrogen (secondary N) is 1. The Hall–Kier alpha value is -3.22. The molecule has 0 aliphatic carbocycles. The van der Waals surface area contributed by atoms with Crippen molar-refractivity contribution in [3.63, 3.8) is 0 Å². The number of hydrogen-bond acceptors (Lipinski definition) is 5. The van der Waals surface area contributed by atoms with Gasteiger partial charge in [-0.1, -0.05) is 30.3 Å². The monoisotopic (exact) mass is 419 g/mol. The first-order valence-electron chi connectivity index (χ1n) is 10.7. The minimum Gasteiger partial charge on any atom is -0.444 e. The van der Waals surface area contributed by atoms with E-state index in [1.165, 1.54) is 0 Å². The molecule has 4 rings (SSSR count). The summed E-state index contributed by atoms with van der Waals surface area (Å²) in [6, 6.07) is 12.1. The average Bonchev–Trinajstić information content (AvgIpc) is 3.18. The fourth-order valence-corrected chi connectivity index (χ4v) is 3.99. The van der Waals surface area contributed by atoms with Crippen LogP contribution in [-0.4, -0.2) is 49.8 Å². The highest BCUT2D eigenvalue weighted by atomic mass is 16.6. The first-order chi connectivity index (χ1) is 14.8. The van der Waals surface area contributed by atoms with Gasteiger partial charge in [0.1, 0.15) is 17.1 Å². The second-order valence-corrected chi connectivity index (χ2v) is 8.96. The summed E-state index contributed by atoms with van der Waals surface area (Å²) in [6.45, 7) is 8.88. The van der Waals surface area contributed by atoms with Gasteiger partial charge < -0.3 is 9.64 Å². The van der Waals surface area contributed by atoms with Gasteiger partial charge in [-0.2, -0.15) is 5.10 Å². The van der Waals surface area contributed by atoms with Crippen LogP contribution in [0.15, 0.2) is 42.6 Å². The van der Waals surface area contributed by atoms with E-state index in [0.29, 0.717) is 13.1 Å². The molecule has 1 saturated heterocycles. The smallest absolute Gasteiger partial charge is 0.410 e. The lowest BCUT2D eigenvalue weighted by atomic mass is 9.89. The molecular formula is C24H29N5O2. The minimum absolute atomic E-state index is 0.243. The third-order valence-electron chi connectivity index (χ3n) is 5.43. The lowest BCUT2D eigenvalue weighted by molar-refractivity contribution is 0.0204. The molecule has 0 spiro atoms. The number of aromatic nitrogens is 4. The number of hydrogen-bond donors (Lipinski definition) is 1. The van der Waals surface area contributed by atoms with Crippen molar-refractivity contribution in [1.82, 2.24) is 25.1 Å². The number of piperidine rings is 1. The molecule has 2 aromatic heterocycles. The number of rotatable bonds is 3. The van der Waals surface area contributed by atoms with Gasteiger partial charge in [0.15, 0.2) is 0 Å². The van der Waals surface area contributed by atoms with Crippen LogP contribution in [0.3, 0.4) is 0 Å². The molecule has 1 N–H and O–H groups in total. The van der Waals surface area contributed by atoms with Gasteiger partial charge in [-0.05, 0) is 46.6 Å². The van der Waals surface area contributed by atoms with Crippen LogP contribution in [0.2, 0.25) is 0 Å². The zero-order valence-corrected chi connectivity index (χ0v) is 18.6.